The van der Waals surface area contributed by atoms with Gasteiger partial charge in [0.05, 0.1) is 10.6 Å². The Morgan fingerprint density at radius 1 is 1.15 bits per heavy atom. The number of hydrazone groups is 1. The van der Waals surface area contributed by atoms with Crippen molar-refractivity contribution in [2.75, 3.05) is 5.43 Å². The van der Waals surface area contributed by atoms with E-state index in [4.69, 9.17) is 0 Å². The molecule has 0 atom stereocenters. The number of urea groups is 1. The lowest BCUT2D eigenvalue weighted by molar-refractivity contribution is -0.384. The standard InChI is InChI=1S/C10H7N5O5/c16-8-7(9(17)12-10(18)11-8)14-13-5-2-1-3-6(4-5)15(19)20/h1-4,13H,(H2,11,12,16,17,18). The first kappa shape index (κ1) is 13.1. The lowest BCUT2D eigenvalue weighted by atomic mass is 10.3. The summed E-state index contributed by atoms with van der Waals surface area (Å²) in [6, 6.07) is 4.38. The zero-order valence-electron chi connectivity index (χ0n) is 9.75. The minimum Gasteiger partial charge on any atom is -0.277 e. The van der Waals surface area contributed by atoms with Gasteiger partial charge in [0.25, 0.3) is 17.5 Å². The number of carbonyl (C=O) groups excluding carboxylic acids is 3. The molecule has 4 amide bonds. The number of imide groups is 2. The van der Waals surface area contributed by atoms with Crippen LogP contribution in [0.4, 0.5) is 16.2 Å². The van der Waals surface area contributed by atoms with Crippen molar-refractivity contribution < 1.29 is 19.3 Å². The van der Waals surface area contributed by atoms with Crippen LogP contribution in [0.1, 0.15) is 0 Å². The Morgan fingerprint density at radius 2 is 1.80 bits per heavy atom. The third kappa shape index (κ3) is 2.75. The first-order chi connectivity index (χ1) is 9.47. The Kier molecular flexibility index (Phi) is 3.37. The van der Waals surface area contributed by atoms with Crippen molar-refractivity contribution in [3.63, 3.8) is 0 Å². The molecule has 0 unspecified atom stereocenters. The van der Waals surface area contributed by atoms with Gasteiger partial charge in [0.15, 0.2) is 0 Å². The second-order valence-electron chi connectivity index (χ2n) is 3.62. The zero-order chi connectivity index (χ0) is 14.7. The minimum atomic E-state index is -0.961. The number of benzene rings is 1. The highest BCUT2D eigenvalue weighted by Gasteiger charge is 2.29. The topological polar surface area (TPSA) is 143 Å². The number of hydrogen-bond donors (Lipinski definition) is 3. The number of nitrogens with zero attached hydrogens (tertiary/aromatic N) is 2. The molecule has 10 heteroatoms. The van der Waals surface area contributed by atoms with Crippen molar-refractivity contribution in [3.05, 3.63) is 34.4 Å². The van der Waals surface area contributed by atoms with Crippen LogP contribution in [0, 0.1) is 10.1 Å². The normalized spacial score (nSPS) is 14.4. The van der Waals surface area contributed by atoms with E-state index in [-0.39, 0.29) is 11.4 Å². The number of non-ortho nitro benzene ring substituents is 1. The Hall–Kier alpha value is -3.30. The number of nitrogens with one attached hydrogen (secondary N) is 3. The molecule has 1 saturated heterocycles. The average molecular weight is 277 g/mol. The molecule has 1 aliphatic rings. The fraction of sp³-hybridized carbons (Fsp3) is 0. The van der Waals surface area contributed by atoms with Crippen molar-refractivity contribution in [3.8, 4) is 0 Å². The third-order valence-electron chi connectivity index (χ3n) is 2.24. The molecule has 10 nitrogen and oxygen atoms in total. The summed E-state index contributed by atoms with van der Waals surface area (Å²) in [4.78, 5) is 43.5. The van der Waals surface area contributed by atoms with E-state index in [1.165, 1.54) is 24.3 Å². The average Bonchev–Trinajstić information content (AvgIpc) is 2.37. The SMILES string of the molecule is O=C1NC(=O)C(=NNc2cccc([N+](=O)[O-])c2)C(=O)N1. The number of nitro benzene ring substituents is 1. The molecule has 20 heavy (non-hydrogen) atoms. The minimum absolute atomic E-state index is 0.178. The van der Waals surface area contributed by atoms with Crippen LogP contribution in [0.2, 0.25) is 0 Å². The summed E-state index contributed by atoms with van der Waals surface area (Å²) < 4.78 is 0. The van der Waals surface area contributed by atoms with E-state index in [2.05, 4.69) is 10.5 Å². The number of anilines is 1. The Morgan fingerprint density at radius 3 is 2.40 bits per heavy atom. The molecule has 0 aromatic heterocycles. The molecule has 102 valence electrons. The molecule has 1 heterocycles. The Balaban J connectivity index is 2.18. The Bertz CT molecular complexity index is 631. The fourth-order valence-corrected chi connectivity index (χ4v) is 1.37. The van der Waals surface area contributed by atoms with E-state index in [0.717, 1.165) is 0 Å². The van der Waals surface area contributed by atoms with E-state index < -0.39 is 28.5 Å². The smallest absolute Gasteiger partial charge is 0.277 e. The van der Waals surface area contributed by atoms with Crippen LogP contribution in [0.5, 0.6) is 0 Å². The van der Waals surface area contributed by atoms with E-state index in [9.17, 15) is 24.5 Å². The highest BCUT2D eigenvalue weighted by molar-refractivity contribution is 6.68. The van der Waals surface area contributed by atoms with Crippen LogP contribution in [-0.4, -0.2) is 28.5 Å². The van der Waals surface area contributed by atoms with Gasteiger partial charge in [-0.15, -0.1) is 0 Å². The molecule has 3 N–H and O–H groups in total. The third-order valence-corrected chi connectivity index (χ3v) is 2.24. The molecule has 0 spiro atoms. The van der Waals surface area contributed by atoms with Gasteiger partial charge in [-0.2, -0.15) is 5.10 Å². The molecule has 0 aliphatic carbocycles. The van der Waals surface area contributed by atoms with Crippen LogP contribution in [0.15, 0.2) is 29.4 Å². The van der Waals surface area contributed by atoms with E-state index in [1.807, 2.05) is 10.6 Å². The van der Waals surface area contributed by atoms with E-state index >= 15 is 0 Å². The molecular formula is C10H7N5O5. The van der Waals surface area contributed by atoms with Crippen LogP contribution in [-0.2, 0) is 9.59 Å². The van der Waals surface area contributed by atoms with Gasteiger partial charge in [0.1, 0.15) is 0 Å². The molecule has 0 radical (unpaired) electrons. The number of amides is 4. The summed E-state index contributed by atoms with van der Waals surface area (Å²) in [6.07, 6.45) is 0. The summed E-state index contributed by atoms with van der Waals surface area (Å²) in [5.41, 5.74) is 1.81. The molecule has 1 fully saturated rings. The molecule has 1 aromatic rings. The van der Waals surface area contributed by atoms with Gasteiger partial charge in [-0.3, -0.25) is 35.8 Å². The van der Waals surface area contributed by atoms with Crippen molar-refractivity contribution in [2.24, 2.45) is 5.10 Å². The maximum Gasteiger partial charge on any atom is 0.328 e. The van der Waals surface area contributed by atoms with Crippen LogP contribution in [0.3, 0.4) is 0 Å². The maximum atomic E-state index is 11.3. The lowest BCUT2D eigenvalue weighted by Crippen LogP contribution is -2.56. The van der Waals surface area contributed by atoms with Crippen LogP contribution >= 0.6 is 0 Å². The number of nitro groups is 1. The van der Waals surface area contributed by atoms with E-state index in [1.54, 1.807) is 0 Å². The number of barbiturate groups is 1. The van der Waals surface area contributed by atoms with Crippen LogP contribution < -0.4 is 16.1 Å². The van der Waals surface area contributed by atoms with Gasteiger partial charge >= 0.3 is 6.03 Å². The molecule has 0 bridgehead atoms. The second kappa shape index (κ2) is 5.14. The quantitative estimate of drug-likeness (QED) is 0.512. The summed E-state index contributed by atoms with van der Waals surface area (Å²) in [5, 5.41) is 17.8. The van der Waals surface area contributed by atoms with Crippen molar-refractivity contribution >= 4 is 34.9 Å². The first-order valence-corrected chi connectivity index (χ1v) is 5.22. The van der Waals surface area contributed by atoms with Gasteiger partial charge in [-0.25, -0.2) is 4.79 Å². The van der Waals surface area contributed by atoms with Gasteiger partial charge in [-0.1, -0.05) is 6.07 Å². The second-order valence-corrected chi connectivity index (χ2v) is 3.62. The fourth-order valence-electron chi connectivity index (χ4n) is 1.37. The number of rotatable bonds is 3. The van der Waals surface area contributed by atoms with Crippen molar-refractivity contribution in [1.29, 1.82) is 0 Å². The molecular weight excluding hydrogens is 270 g/mol. The summed E-state index contributed by atoms with van der Waals surface area (Å²) in [5.74, 6) is -1.92. The lowest BCUT2D eigenvalue weighted by Gasteiger charge is -2.12. The van der Waals surface area contributed by atoms with Gasteiger partial charge < -0.3 is 0 Å². The highest BCUT2D eigenvalue weighted by Crippen LogP contribution is 2.16. The molecule has 2 rings (SSSR count). The Labute approximate surface area is 111 Å². The van der Waals surface area contributed by atoms with Crippen LogP contribution in [0.25, 0.3) is 0 Å². The summed E-state index contributed by atoms with van der Waals surface area (Å²) in [7, 11) is 0. The number of hydrogen-bond acceptors (Lipinski definition) is 7. The zero-order valence-corrected chi connectivity index (χ0v) is 9.75. The van der Waals surface area contributed by atoms with Crippen molar-refractivity contribution in [2.45, 2.75) is 0 Å². The van der Waals surface area contributed by atoms with Crippen molar-refractivity contribution in [1.82, 2.24) is 10.6 Å². The predicted molar refractivity (Wildman–Crippen MR) is 65.8 cm³/mol. The van der Waals surface area contributed by atoms with Gasteiger partial charge in [0, 0.05) is 12.1 Å². The highest BCUT2D eigenvalue weighted by atomic mass is 16.6. The monoisotopic (exact) mass is 277 g/mol. The molecule has 1 aliphatic heterocycles. The summed E-state index contributed by atoms with van der Waals surface area (Å²) >= 11 is 0. The van der Waals surface area contributed by atoms with Gasteiger partial charge in [-0.05, 0) is 6.07 Å². The predicted octanol–water partition coefficient (Wildman–Crippen LogP) is -0.271. The first-order valence-electron chi connectivity index (χ1n) is 5.22. The maximum absolute atomic E-state index is 11.3. The summed E-state index contributed by atoms with van der Waals surface area (Å²) in [6.45, 7) is 0. The largest absolute Gasteiger partial charge is 0.328 e. The van der Waals surface area contributed by atoms with Gasteiger partial charge in [0.2, 0.25) is 5.71 Å². The molecule has 0 saturated carbocycles. The van der Waals surface area contributed by atoms with E-state index in [0.29, 0.717) is 0 Å². The number of carbonyl (C=O) groups is 3. The molecule has 1 aromatic carbocycles.